The van der Waals surface area contributed by atoms with Crippen molar-refractivity contribution in [2.24, 2.45) is 5.92 Å². The van der Waals surface area contributed by atoms with Gasteiger partial charge in [0.2, 0.25) is 11.8 Å². The Balaban J connectivity index is 1.66. The molecule has 0 aliphatic heterocycles. The minimum absolute atomic E-state index is 0.00842. The van der Waals surface area contributed by atoms with Crippen LogP contribution in [0.15, 0.2) is 36.4 Å². The van der Waals surface area contributed by atoms with Gasteiger partial charge in [-0.1, -0.05) is 59.5 Å². The van der Waals surface area contributed by atoms with Crippen LogP contribution in [0.2, 0.25) is 0 Å². The van der Waals surface area contributed by atoms with Gasteiger partial charge in [0.1, 0.15) is 0 Å². The number of benzene rings is 2. The van der Waals surface area contributed by atoms with Crippen molar-refractivity contribution in [3.05, 3.63) is 42.0 Å². The molecule has 144 valence electrons. The summed E-state index contributed by atoms with van der Waals surface area (Å²) in [6, 6.07) is 12.3. The van der Waals surface area contributed by atoms with Crippen LogP contribution in [0, 0.1) is 5.92 Å². The second-order valence-electron chi connectivity index (χ2n) is 7.34. The highest BCUT2D eigenvalue weighted by Gasteiger charge is 2.17. The van der Waals surface area contributed by atoms with Crippen molar-refractivity contribution in [3.63, 3.8) is 0 Å². The second kappa shape index (κ2) is 9.88. The van der Waals surface area contributed by atoms with Crippen molar-refractivity contribution in [1.82, 2.24) is 5.32 Å². The van der Waals surface area contributed by atoms with Crippen molar-refractivity contribution in [2.45, 2.75) is 44.9 Å². The fraction of sp³-hybridized carbons (Fsp3) is 0.455. The Bertz CT molecular complexity index is 800. The SMILES string of the molecule is O=C(CBr)NCCc1cccc2ccc(NC(=O)CC3CCCCC3)cc12. The van der Waals surface area contributed by atoms with Crippen LogP contribution in [-0.2, 0) is 16.0 Å². The number of anilines is 1. The van der Waals surface area contributed by atoms with Crippen LogP contribution in [0.3, 0.4) is 0 Å². The number of carbonyl (C=O) groups excluding carboxylic acids is 2. The lowest BCUT2D eigenvalue weighted by atomic mass is 9.87. The molecule has 2 aromatic carbocycles. The van der Waals surface area contributed by atoms with Crippen LogP contribution in [0.4, 0.5) is 5.69 Å². The number of hydrogen-bond acceptors (Lipinski definition) is 2. The van der Waals surface area contributed by atoms with Crippen LogP contribution in [-0.4, -0.2) is 23.7 Å². The van der Waals surface area contributed by atoms with Crippen molar-refractivity contribution in [1.29, 1.82) is 0 Å². The number of rotatable bonds is 7. The summed E-state index contributed by atoms with van der Waals surface area (Å²) >= 11 is 3.16. The zero-order valence-electron chi connectivity index (χ0n) is 15.6. The quantitative estimate of drug-likeness (QED) is 0.619. The minimum Gasteiger partial charge on any atom is -0.355 e. The molecule has 2 aromatic rings. The van der Waals surface area contributed by atoms with E-state index in [0.29, 0.717) is 24.2 Å². The molecule has 0 unspecified atom stereocenters. The summed E-state index contributed by atoms with van der Waals surface area (Å²) in [7, 11) is 0. The first kappa shape index (κ1) is 19.9. The number of carbonyl (C=O) groups is 2. The molecule has 1 saturated carbocycles. The van der Waals surface area contributed by atoms with E-state index >= 15 is 0 Å². The molecule has 2 N–H and O–H groups in total. The molecule has 1 fully saturated rings. The summed E-state index contributed by atoms with van der Waals surface area (Å²) in [6.45, 7) is 0.599. The maximum absolute atomic E-state index is 12.4. The number of fused-ring (bicyclic) bond motifs is 1. The van der Waals surface area contributed by atoms with E-state index in [2.05, 4.69) is 44.8 Å². The number of nitrogens with one attached hydrogen (secondary N) is 2. The highest BCUT2D eigenvalue weighted by Crippen LogP contribution is 2.27. The molecule has 0 radical (unpaired) electrons. The third-order valence-electron chi connectivity index (χ3n) is 5.29. The van der Waals surface area contributed by atoms with Gasteiger partial charge in [0.15, 0.2) is 0 Å². The first-order valence-corrected chi connectivity index (χ1v) is 10.9. The number of hydrogen-bond donors (Lipinski definition) is 2. The Labute approximate surface area is 169 Å². The standard InChI is InChI=1S/C22H27BrN2O2/c23-15-22(27)24-12-11-18-8-4-7-17-9-10-19(14-20(17)18)25-21(26)13-16-5-2-1-3-6-16/h4,7-10,14,16H,1-3,5-6,11-13,15H2,(H,24,27)(H,25,26). The lowest BCUT2D eigenvalue weighted by molar-refractivity contribution is -0.118. The predicted octanol–water partition coefficient (Wildman–Crippen LogP) is 4.80. The largest absolute Gasteiger partial charge is 0.355 e. The van der Waals surface area contributed by atoms with E-state index in [-0.39, 0.29) is 11.8 Å². The molecule has 0 atom stereocenters. The smallest absolute Gasteiger partial charge is 0.230 e. The van der Waals surface area contributed by atoms with E-state index < -0.39 is 0 Å². The van der Waals surface area contributed by atoms with Gasteiger partial charge in [0.05, 0.1) is 5.33 Å². The van der Waals surface area contributed by atoms with Gasteiger partial charge in [-0.3, -0.25) is 9.59 Å². The molecule has 0 heterocycles. The second-order valence-corrected chi connectivity index (χ2v) is 7.90. The number of amides is 2. The van der Waals surface area contributed by atoms with Gasteiger partial charge in [-0.15, -0.1) is 0 Å². The van der Waals surface area contributed by atoms with Crippen molar-refractivity contribution in [3.8, 4) is 0 Å². The third-order valence-corrected chi connectivity index (χ3v) is 5.80. The van der Waals surface area contributed by atoms with Crippen LogP contribution < -0.4 is 10.6 Å². The number of alkyl halides is 1. The molecule has 1 aliphatic carbocycles. The summed E-state index contributed by atoms with van der Waals surface area (Å²) in [5, 5.41) is 8.55. The molecule has 3 rings (SSSR count). The lowest BCUT2D eigenvalue weighted by Crippen LogP contribution is -2.26. The van der Waals surface area contributed by atoms with Gasteiger partial charge in [0.25, 0.3) is 0 Å². The Hall–Kier alpha value is -1.88. The lowest BCUT2D eigenvalue weighted by Gasteiger charge is -2.20. The van der Waals surface area contributed by atoms with Gasteiger partial charge in [-0.2, -0.15) is 0 Å². The maximum Gasteiger partial charge on any atom is 0.230 e. The van der Waals surface area contributed by atoms with Gasteiger partial charge in [0, 0.05) is 18.7 Å². The Kier molecular flexibility index (Phi) is 7.27. The average Bonchev–Trinajstić information content (AvgIpc) is 2.68. The Morgan fingerprint density at radius 1 is 1.04 bits per heavy atom. The molecule has 27 heavy (non-hydrogen) atoms. The van der Waals surface area contributed by atoms with E-state index in [1.807, 2.05) is 18.2 Å². The molecule has 0 bridgehead atoms. The van der Waals surface area contributed by atoms with E-state index in [1.54, 1.807) is 0 Å². The molecule has 0 aromatic heterocycles. The summed E-state index contributed by atoms with van der Waals surface area (Å²) in [5.74, 6) is 0.641. The van der Waals surface area contributed by atoms with Crippen LogP contribution in [0.1, 0.15) is 44.1 Å². The van der Waals surface area contributed by atoms with Gasteiger partial charge in [-0.05, 0) is 53.6 Å². The van der Waals surface area contributed by atoms with Crippen molar-refractivity contribution in [2.75, 3.05) is 17.2 Å². The highest BCUT2D eigenvalue weighted by molar-refractivity contribution is 9.09. The molecule has 2 amide bonds. The number of halogens is 1. The Morgan fingerprint density at radius 3 is 2.63 bits per heavy atom. The molecular weight excluding hydrogens is 404 g/mol. The summed E-state index contributed by atoms with van der Waals surface area (Å²) in [4.78, 5) is 23.8. The van der Waals surface area contributed by atoms with E-state index in [1.165, 1.54) is 37.7 Å². The summed E-state index contributed by atoms with van der Waals surface area (Å²) in [5.41, 5.74) is 2.02. The summed E-state index contributed by atoms with van der Waals surface area (Å²) < 4.78 is 0. The van der Waals surface area contributed by atoms with E-state index in [9.17, 15) is 9.59 Å². The van der Waals surface area contributed by atoms with Gasteiger partial charge >= 0.3 is 0 Å². The molecule has 4 nitrogen and oxygen atoms in total. The first-order chi connectivity index (χ1) is 13.2. The van der Waals surface area contributed by atoms with Crippen LogP contribution in [0.5, 0.6) is 0 Å². The zero-order chi connectivity index (χ0) is 19.1. The molecule has 5 heteroatoms. The van der Waals surface area contributed by atoms with Crippen LogP contribution >= 0.6 is 15.9 Å². The normalized spacial score (nSPS) is 14.9. The topological polar surface area (TPSA) is 58.2 Å². The van der Waals surface area contributed by atoms with Crippen LogP contribution in [0.25, 0.3) is 10.8 Å². The highest BCUT2D eigenvalue weighted by atomic mass is 79.9. The maximum atomic E-state index is 12.4. The molecule has 0 saturated heterocycles. The molecular formula is C22H27BrN2O2. The van der Waals surface area contributed by atoms with Gasteiger partial charge < -0.3 is 10.6 Å². The fourth-order valence-electron chi connectivity index (χ4n) is 3.88. The average molecular weight is 431 g/mol. The molecule has 1 aliphatic rings. The van der Waals surface area contributed by atoms with Gasteiger partial charge in [-0.25, -0.2) is 0 Å². The van der Waals surface area contributed by atoms with Crippen molar-refractivity contribution >= 4 is 44.2 Å². The fourth-order valence-corrected chi connectivity index (χ4v) is 4.08. The minimum atomic E-state index is -0.00842. The van der Waals surface area contributed by atoms with E-state index in [0.717, 1.165) is 22.9 Å². The summed E-state index contributed by atoms with van der Waals surface area (Å²) in [6.07, 6.45) is 7.55. The Morgan fingerprint density at radius 2 is 1.85 bits per heavy atom. The van der Waals surface area contributed by atoms with E-state index in [4.69, 9.17) is 0 Å². The zero-order valence-corrected chi connectivity index (χ0v) is 17.2. The third kappa shape index (κ3) is 5.80. The van der Waals surface area contributed by atoms with Crippen molar-refractivity contribution < 1.29 is 9.59 Å². The molecule has 0 spiro atoms. The monoisotopic (exact) mass is 430 g/mol. The first-order valence-electron chi connectivity index (χ1n) is 9.80. The predicted molar refractivity (Wildman–Crippen MR) is 114 cm³/mol.